The summed E-state index contributed by atoms with van der Waals surface area (Å²) in [6.07, 6.45) is 1.81. The molecule has 80 valence electrons. The van der Waals surface area contributed by atoms with E-state index in [9.17, 15) is 0 Å². The Kier molecular flexibility index (Phi) is 2.04. The molecular weight excluding hydrogens is 218 g/mol. The monoisotopic (exact) mass is 229 g/mol. The minimum Gasteiger partial charge on any atom is -0.272 e. The summed E-state index contributed by atoms with van der Waals surface area (Å²) >= 11 is 1.76. The fourth-order valence-corrected chi connectivity index (χ4v) is 2.74. The lowest BCUT2D eigenvalue weighted by Crippen LogP contribution is -1.94. The average molecular weight is 229 g/mol. The van der Waals surface area contributed by atoms with E-state index in [1.807, 2.05) is 19.1 Å². The first-order chi connectivity index (χ1) is 7.75. The fourth-order valence-electron chi connectivity index (χ4n) is 1.83. The molecule has 0 radical (unpaired) electrons. The van der Waals surface area contributed by atoms with E-state index in [0.717, 1.165) is 17.0 Å². The Morgan fingerprint density at radius 1 is 1.19 bits per heavy atom. The van der Waals surface area contributed by atoms with Gasteiger partial charge in [-0.1, -0.05) is 0 Å². The molecule has 0 aromatic carbocycles. The number of aromatic nitrogens is 3. The van der Waals surface area contributed by atoms with Crippen LogP contribution in [0.4, 0.5) is 0 Å². The van der Waals surface area contributed by atoms with Gasteiger partial charge >= 0.3 is 0 Å². The first kappa shape index (κ1) is 9.54. The van der Waals surface area contributed by atoms with Crippen molar-refractivity contribution >= 4 is 22.5 Å². The van der Waals surface area contributed by atoms with E-state index in [0.29, 0.717) is 0 Å². The molecule has 0 N–H and O–H groups in total. The Balaban J connectivity index is 2.34. The number of thiophene rings is 1. The largest absolute Gasteiger partial charge is 0.272 e. The van der Waals surface area contributed by atoms with Crippen LogP contribution in [0.5, 0.6) is 0 Å². The van der Waals surface area contributed by atoms with Crippen molar-refractivity contribution in [2.45, 2.75) is 13.8 Å². The molecule has 0 aliphatic rings. The highest BCUT2D eigenvalue weighted by atomic mass is 32.1. The third-order valence-electron chi connectivity index (χ3n) is 2.53. The van der Waals surface area contributed by atoms with Crippen molar-refractivity contribution in [3.63, 3.8) is 0 Å². The summed E-state index contributed by atoms with van der Waals surface area (Å²) < 4.78 is 2.10. The number of aryl methyl sites for hydroxylation is 2. The topological polar surface area (TPSA) is 30.7 Å². The zero-order valence-electron chi connectivity index (χ0n) is 9.14. The molecule has 0 aliphatic carbocycles. The van der Waals surface area contributed by atoms with Crippen molar-refractivity contribution < 1.29 is 0 Å². The van der Waals surface area contributed by atoms with Crippen molar-refractivity contribution in [3.8, 4) is 5.00 Å². The zero-order chi connectivity index (χ0) is 11.1. The summed E-state index contributed by atoms with van der Waals surface area (Å²) in [4.78, 5) is 10.2. The molecule has 3 heterocycles. The van der Waals surface area contributed by atoms with Gasteiger partial charge in [-0.3, -0.25) is 4.57 Å². The lowest BCUT2D eigenvalue weighted by Gasteiger charge is -2.01. The summed E-state index contributed by atoms with van der Waals surface area (Å²) in [5, 5.41) is 1.18. The molecule has 16 heavy (non-hydrogen) atoms. The maximum atomic E-state index is 4.51. The van der Waals surface area contributed by atoms with Crippen LogP contribution in [-0.4, -0.2) is 14.5 Å². The van der Waals surface area contributed by atoms with Gasteiger partial charge in [0.05, 0.1) is 0 Å². The van der Waals surface area contributed by atoms with Crippen molar-refractivity contribution in [2.75, 3.05) is 0 Å². The summed E-state index contributed by atoms with van der Waals surface area (Å²) in [6.45, 7) is 4.12. The standard InChI is InChI=1S/C12H11N3S/c1-8-5-6-11(16-8)15-9(2)14-10-4-3-7-13-12(10)15/h3-7H,1-2H3. The molecule has 0 saturated heterocycles. The molecular formula is C12H11N3S. The van der Waals surface area contributed by atoms with Crippen LogP contribution in [0.2, 0.25) is 0 Å². The van der Waals surface area contributed by atoms with Crippen molar-refractivity contribution in [2.24, 2.45) is 0 Å². The van der Waals surface area contributed by atoms with E-state index in [4.69, 9.17) is 0 Å². The highest BCUT2D eigenvalue weighted by molar-refractivity contribution is 7.14. The Hall–Kier alpha value is -1.68. The van der Waals surface area contributed by atoms with E-state index in [2.05, 4.69) is 33.6 Å². The Bertz CT molecular complexity index is 651. The molecule has 0 unspecified atom stereocenters. The summed E-state index contributed by atoms with van der Waals surface area (Å²) in [5.74, 6) is 0.982. The van der Waals surface area contributed by atoms with Gasteiger partial charge in [0.15, 0.2) is 5.65 Å². The number of hydrogen-bond acceptors (Lipinski definition) is 3. The predicted octanol–water partition coefficient (Wildman–Crippen LogP) is 3.10. The van der Waals surface area contributed by atoms with Crippen LogP contribution in [0.3, 0.4) is 0 Å². The van der Waals surface area contributed by atoms with Crippen molar-refractivity contribution in [1.29, 1.82) is 0 Å². The quantitative estimate of drug-likeness (QED) is 0.642. The van der Waals surface area contributed by atoms with Crippen LogP contribution in [0.15, 0.2) is 30.5 Å². The molecule has 4 heteroatoms. The normalized spacial score (nSPS) is 11.1. The number of fused-ring (bicyclic) bond motifs is 1. The Labute approximate surface area is 97.4 Å². The molecule has 3 aromatic rings. The highest BCUT2D eigenvalue weighted by Crippen LogP contribution is 2.25. The lowest BCUT2D eigenvalue weighted by atomic mass is 10.4. The van der Waals surface area contributed by atoms with Crippen molar-refractivity contribution in [1.82, 2.24) is 14.5 Å². The molecule has 0 bridgehead atoms. The smallest absolute Gasteiger partial charge is 0.165 e. The molecule has 0 aliphatic heterocycles. The Morgan fingerprint density at radius 2 is 2.06 bits per heavy atom. The molecule has 0 amide bonds. The summed E-state index contributed by atoms with van der Waals surface area (Å²) in [7, 11) is 0. The van der Waals surface area contributed by atoms with E-state index in [-0.39, 0.29) is 0 Å². The number of hydrogen-bond donors (Lipinski definition) is 0. The van der Waals surface area contributed by atoms with Gasteiger partial charge in [0, 0.05) is 11.1 Å². The van der Waals surface area contributed by atoms with E-state index in [1.165, 1.54) is 9.88 Å². The van der Waals surface area contributed by atoms with Gasteiger partial charge in [-0.2, -0.15) is 0 Å². The average Bonchev–Trinajstić information content (AvgIpc) is 2.80. The predicted molar refractivity (Wildman–Crippen MR) is 66.2 cm³/mol. The summed E-state index contributed by atoms with van der Waals surface area (Å²) in [6, 6.07) is 8.14. The molecule has 3 rings (SSSR count). The third kappa shape index (κ3) is 1.34. The second-order valence-electron chi connectivity index (χ2n) is 3.72. The molecule has 0 spiro atoms. The van der Waals surface area contributed by atoms with Crippen LogP contribution in [0.25, 0.3) is 16.2 Å². The highest BCUT2D eigenvalue weighted by Gasteiger charge is 2.10. The number of imidazole rings is 1. The van der Waals surface area contributed by atoms with Gasteiger partial charge < -0.3 is 0 Å². The second kappa shape index (κ2) is 3.42. The maximum Gasteiger partial charge on any atom is 0.165 e. The van der Waals surface area contributed by atoms with Gasteiger partial charge in [-0.15, -0.1) is 11.3 Å². The van der Waals surface area contributed by atoms with Crippen LogP contribution in [-0.2, 0) is 0 Å². The van der Waals surface area contributed by atoms with Gasteiger partial charge in [-0.05, 0) is 38.1 Å². The number of pyridine rings is 1. The first-order valence-electron chi connectivity index (χ1n) is 5.12. The molecule has 0 saturated carbocycles. The summed E-state index contributed by atoms with van der Waals surface area (Å²) in [5.41, 5.74) is 1.88. The van der Waals surface area contributed by atoms with Crippen LogP contribution in [0, 0.1) is 13.8 Å². The molecule has 3 nitrogen and oxygen atoms in total. The van der Waals surface area contributed by atoms with Crippen LogP contribution in [0.1, 0.15) is 10.7 Å². The van der Waals surface area contributed by atoms with E-state index in [1.54, 1.807) is 17.5 Å². The van der Waals surface area contributed by atoms with Crippen LogP contribution < -0.4 is 0 Å². The van der Waals surface area contributed by atoms with Gasteiger partial charge in [0.1, 0.15) is 16.3 Å². The zero-order valence-corrected chi connectivity index (χ0v) is 9.95. The lowest BCUT2D eigenvalue weighted by molar-refractivity contribution is 1.01. The molecule has 0 atom stereocenters. The van der Waals surface area contributed by atoms with Gasteiger partial charge in [0.25, 0.3) is 0 Å². The van der Waals surface area contributed by atoms with E-state index < -0.39 is 0 Å². The number of rotatable bonds is 1. The SMILES string of the molecule is Cc1ccc(-n2c(C)nc3cccnc32)s1. The first-order valence-corrected chi connectivity index (χ1v) is 5.94. The van der Waals surface area contributed by atoms with Gasteiger partial charge in [-0.25, -0.2) is 9.97 Å². The minimum atomic E-state index is 0.932. The van der Waals surface area contributed by atoms with Crippen LogP contribution >= 0.6 is 11.3 Å². The van der Waals surface area contributed by atoms with E-state index >= 15 is 0 Å². The molecule has 3 aromatic heterocycles. The van der Waals surface area contributed by atoms with Crippen molar-refractivity contribution in [3.05, 3.63) is 41.2 Å². The van der Waals surface area contributed by atoms with Gasteiger partial charge in [0.2, 0.25) is 0 Å². The second-order valence-corrected chi connectivity index (χ2v) is 4.99. The fraction of sp³-hybridized carbons (Fsp3) is 0.167. The third-order valence-corrected chi connectivity index (χ3v) is 3.52. The molecule has 0 fully saturated rings. The number of nitrogens with zero attached hydrogens (tertiary/aromatic N) is 3. The Morgan fingerprint density at radius 3 is 2.81 bits per heavy atom. The maximum absolute atomic E-state index is 4.51. The minimum absolute atomic E-state index is 0.932.